The van der Waals surface area contributed by atoms with Crippen molar-refractivity contribution < 1.29 is 46.7 Å². The zero-order chi connectivity index (χ0) is 14.0. The molecule has 1 aromatic carbocycles. The predicted molar refractivity (Wildman–Crippen MR) is 61.4 cm³/mol. The summed E-state index contributed by atoms with van der Waals surface area (Å²) in [5, 5.41) is 3.86. The first kappa shape index (κ1) is 16.5. The molecule has 4 nitrogen and oxygen atoms in total. The van der Waals surface area contributed by atoms with E-state index in [9.17, 15) is 13.2 Å². The van der Waals surface area contributed by atoms with Crippen molar-refractivity contribution in [3.63, 3.8) is 0 Å². The maximum absolute atomic E-state index is 12.1. The van der Waals surface area contributed by atoms with Crippen LogP contribution in [0.4, 0.5) is 13.2 Å². The number of alkyl halides is 3. The van der Waals surface area contributed by atoms with Crippen LogP contribution in [-0.4, -0.2) is 11.5 Å². The number of nitrogens with two attached hydrogens (primary N) is 1. The van der Waals surface area contributed by atoms with E-state index in [-0.39, 0.29) is 29.7 Å². The van der Waals surface area contributed by atoms with Gasteiger partial charge in [-0.05, 0) is 30.2 Å². The Hall–Kier alpha value is -1.58. The van der Waals surface area contributed by atoms with E-state index in [0.29, 0.717) is 5.56 Å². The van der Waals surface area contributed by atoms with Crippen LogP contribution in [0.15, 0.2) is 36.7 Å². The van der Waals surface area contributed by atoms with E-state index >= 15 is 0 Å². The van der Waals surface area contributed by atoms with Gasteiger partial charge in [-0.25, -0.2) is 0 Å². The van der Waals surface area contributed by atoms with Gasteiger partial charge in [-0.3, -0.25) is 0 Å². The molecule has 0 unspecified atom stereocenters. The lowest BCUT2D eigenvalue weighted by Crippen LogP contribution is -3.00. The van der Waals surface area contributed by atoms with E-state index < -0.39 is 6.36 Å². The van der Waals surface area contributed by atoms with Crippen molar-refractivity contribution in [3.05, 3.63) is 42.2 Å². The largest absolute Gasteiger partial charge is 1.00 e. The summed E-state index contributed by atoms with van der Waals surface area (Å²) >= 11 is 0. The molecule has 0 spiro atoms. The van der Waals surface area contributed by atoms with Crippen molar-refractivity contribution in [1.29, 1.82) is 0 Å². The highest BCUT2D eigenvalue weighted by Gasteiger charge is 2.31. The number of nitrogen functional groups attached to an aromatic ring is 1. The van der Waals surface area contributed by atoms with Crippen molar-refractivity contribution in [2.75, 3.05) is 5.84 Å². The molecular weight excluding hydrogens is 386 g/mol. The van der Waals surface area contributed by atoms with Crippen LogP contribution in [-0.2, 0) is 0 Å². The maximum atomic E-state index is 12.1. The molecule has 2 rings (SSSR count). The van der Waals surface area contributed by atoms with E-state index in [1.807, 2.05) is 0 Å². The van der Waals surface area contributed by atoms with Crippen molar-refractivity contribution in [3.8, 4) is 16.9 Å². The van der Waals surface area contributed by atoms with Crippen LogP contribution in [0.1, 0.15) is 5.56 Å². The topological polar surface area (TPSA) is 52.0 Å². The Balaban J connectivity index is 0.00000200. The second kappa shape index (κ2) is 6.25. The van der Waals surface area contributed by atoms with Crippen molar-refractivity contribution >= 4 is 0 Å². The molecular formula is C12H11F3IN3O. The first-order chi connectivity index (χ1) is 8.85. The third-order valence-electron chi connectivity index (χ3n) is 2.48. The molecule has 0 saturated heterocycles. The van der Waals surface area contributed by atoms with Gasteiger partial charge in [0.2, 0.25) is 6.20 Å². The fourth-order valence-electron chi connectivity index (χ4n) is 1.68. The van der Waals surface area contributed by atoms with Gasteiger partial charge in [0.25, 0.3) is 0 Å². The third kappa shape index (κ3) is 4.22. The highest BCUT2D eigenvalue weighted by molar-refractivity contribution is 5.66. The molecule has 0 aliphatic rings. The minimum Gasteiger partial charge on any atom is -1.00 e. The number of nitrogens with zero attached hydrogens (tertiary/aromatic N) is 2. The minimum absolute atomic E-state index is 0. The fourth-order valence-corrected chi connectivity index (χ4v) is 1.68. The van der Waals surface area contributed by atoms with Gasteiger partial charge in [-0.2, -0.15) is 5.84 Å². The molecule has 0 radical (unpaired) electrons. The van der Waals surface area contributed by atoms with Crippen LogP contribution < -0.4 is 39.3 Å². The Morgan fingerprint density at radius 1 is 1.25 bits per heavy atom. The number of halogens is 4. The van der Waals surface area contributed by atoms with Gasteiger partial charge in [0.1, 0.15) is 11.9 Å². The summed E-state index contributed by atoms with van der Waals surface area (Å²) < 4.78 is 40.1. The lowest BCUT2D eigenvalue weighted by atomic mass is 10.0. The molecule has 2 aromatic rings. The first-order valence-corrected chi connectivity index (χ1v) is 5.35. The third-order valence-corrected chi connectivity index (χ3v) is 2.48. The second-order valence-electron chi connectivity index (χ2n) is 3.92. The quantitative estimate of drug-likeness (QED) is 0.401. The van der Waals surface area contributed by atoms with Crippen molar-refractivity contribution in [2.45, 2.75) is 13.3 Å². The molecule has 0 amide bonds. The number of hydrogen-bond acceptors (Lipinski definition) is 3. The van der Waals surface area contributed by atoms with Crippen LogP contribution in [0.2, 0.25) is 0 Å². The summed E-state index contributed by atoms with van der Waals surface area (Å²) in [6.07, 6.45) is -1.60. The average molecular weight is 397 g/mol. The highest BCUT2D eigenvalue weighted by atomic mass is 127. The average Bonchev–Trinajstić information content (AvgIpc) is 2.29. The summed E-state index contributed by atoms with van der Waals surface area (Å²) in [5.41, 5.74) is 2.18. The fraction of sp³-hybridized carbons (Fsp3) is 0.167. The summed E-state index contributed by atoms with van der Waals surface area (Å²) in [6, 6.07) is 5.86. The van der Waals surface area contributed by atoms with Crippen LogP contribution in [0.3, 0.4) is 0 Å². The number of hydrogen-bond donors (Lipinski definition) is 1. The van der Waals surface area contributed by atoms with E-state index in [1.165, 1.54) is 18.3 Å². The van der Waals surface area contributed by atoms with Gasteiger partial charge < -0.3 is 28.7 Å². The Morgan fingerprint density at radius 2 is 1.95 bits per heavy atom. The highest BCUT2D eigenvalue weighted by Crippen LogP contribution is 2.29. The van der Waals surface area contributed by atoms with Gasteiger partial charge in [0, 0.05) is 21.5 Å². The van der Waals surface area contributed by atoms with Crippen LogP contribution in [0.25, 0.3) is 11.1 Å². The Labute approximate surface area is 130 Å². The summed E-state index contributed by atoms with van der Waals surface area (Å²) in [6.45, 7) is 1.70. The van der Waals surface area contributed by atoms with Crippen LogP contribution in [0.5, 0.6) is 5.75 Å². The molecule has 8 heteroatoms. The maximum Gasteiger partial charge on any atom is 0.573 e. The molecule has 0 saturated carbocycles. The minimum atomic E-state index is -4.69. The van der Waals surface area contributed by atoms with Crippen LogP contribution >= 0.6 is 0 Å². The molecule has 1 heterocycles. The van der Waals surface area contributed by atoms with Gasteiger partial charge in [-0.1, -0.05) is 6.07 Å². The molecule has 108 valence electrons. The standard InChI is InChI=1S/C12H11F3N3O.HI/c1-8-6-10(19-12(13,14)15)2-3-11(8)9-4-5-18(16)17-7-9;/h2-7H,1H3,(H2,16,17);1H/q+1;/p-1. The zero-order valence-corrected chi connectivity index (χ0v) is 12.5. The molecule has 0 atom stereocenters. The van der Waals surface area contributed by atoms with E-state index in [1.54, 1.807) is 25.3 Å². The van der Waals surface area contributed by atoms with E-state index in [4.69, 9.17) is 5.84 Å². The SMILES string of the molecule is Cc1cc(OC(F)(F)F)ccc1-c1cc[n+](N)nc1.[I-]. The van der Waals surface area contributed by atoms with E-state index in [0.717, 1.165) is 15.9 Å². The Bertz CT molecular complexity index is 587. The number of ether oxygens (including phenoxy) is 1. The summed E-state index contributed by atoms with van der Waals surface area (Å²) in [4.78, 5) is 1.14. The molecule has 0 fully saturated rings. The molecule has 1 aromatic heterocycles. The predicted octanol–water partition coefficient (Wildman–Crippen LogP) is -1.04. The molecule has 0 bridgehead atoms. The Morgan fingerprint density at radius 3 is 2.45 bits per heavy atom. The molecule has 2 N–H and O–H groups in total. The van der Waals surface area contributed by atoms with Gasteiger partial charge >= 0.3 is 6.36 Å². The molecule has 0 aliphatic carbocycles. The summed E-state index contributed by atoms with van der Waals surface area (Å²) in [5.74, 6) is 5.15. The van der Waals surface area contributed by atoms with Gasteiger partial charge in [0.05, 0.1) is 0 Å². The number of benzene rings is 1. The lowest BCUT2D eigenvalue weighted by molar-refractivity contribution is -0.700. The number of aryl methyl sites for hydroxylation is 1. The second-order valence-corrected chi connectivity index (χ2v) is 3.92. The Kier molecular flexibility index (Phi) is 5.15. The molecule has 0 aliphatic heterocycles. The first-order valence-electron chi connectivity index (χ1n) is 5.35. The van der Waals surface area contributed by atoms with E-state index in [2.05, 4.69) is 9.84 Å². The normalized spacial score (nSPS) is 10.8. The van der Waals surface area contributed by atoms with Crippen molar-refractivity contribution in [2.24, 2.45) is 0 Å². The monoisotopic (exact) mass is 397 g/mol. The lowest BCUT2D eigenvalue weighted by Gasteiger charge is -2.11. The number of rotatable bonds is 2. The van der Waals surface area contributed by atoms with Gasteiger partial charge in [0.15, 0.2) is 0 Å². The number of aromatic nitrogens is 2. The van der Waals surface area contributed by atoms with Crippen LogP contribution in [0, 0.1) is 6.92 Å². The van der Waals surface area contributed by atoms with Gasteiger partial charge in [-0.15, -0.1) is 13.2 Å². The smallest absolute Gasteiger partial charge is 0.573 e. The molecule has 20 heavy (non-hydrogen) atoms. The summed E-state index contributed by atoms with van der Waals surface area (Å²) in [7, 11) is 0. The zero-order valence-electron chi connectivity index (χ0n) is 10.4. The van der Waals surface area contributed by atoms with Crippen molar-refractivity contribution in [1.82, 2.24) is 5.10 Å².